The van der Waals surface area contributed by atoms with Gasteiger partial charge in [-0.25, -0.2) is 0 Å². The second-order valence-electron chi connectivity index (χ2n) is 11.9. The normalized spacial score (nSPS) is 10.7. The first-order valence-corrected chi connectivity index (χ1v) is 16.0. The Balaban J connectivity index is 0.000000260. The summed E-state index contributed by atoms with van der Waals surface area (Å²) in [7, 11) is 0. The van der Waals surface area contributed by atoms with Gasteiger partial charge in [0.1, 0.15) is 0 Å². The second kappa shape index (κ2) is 15.1. The molecule has 0 amide bonds. The SMILES string of the molecule is CC(C)c1[c-]c(-c2nccc3c2ccc2cc(-c4ccccc4)ccc23)cc(-c2ccccc2)c1.[Ir].[c-]1ccccc1-c1ccccn1. The number of benzene rings is 6. The molecule has 0 bridgehead atoms. The maximum atomic E-state index is 4.85. The molecule has 0 atom stereocenters. The zero-order valence-corrected chi connectivity index (χ0v) is 29.3. The van der Waals surface area contributed by atoms with Crippen LogP contribution in [0, 0.1) is 12.1 Å². The van der Waals surface area contributed by atoms with Gasteiger partial charge in [-0.15, -0.1) is 70.8 Å². The Labute approximate surface area is 296 Å². The van der Waals surface area contributed by atoms with Gasteiger partial charge in [0.2, 0.25) is 0 Å². The van der Waals surface area contributed by atoms with E-state index in [1.807, 2.05) is 48.7 Å². The zero-order valence-electron chi connectivity index (χ0n) is 26.9. The zero-order chi connectivity index (χ0) is 32.0. The van der Waals surface area contributed by atoms with Gasteiger partial charge >= 0.3 is 0 Å². The Morgan fingerprint density at radius 1 is 0.500 bits per heavy atom. The number of pyridine rings is 2. The maximum absolute atomic E-state index is 4.85. The van der Waals surface area contributed by atoms with Crippen molar-refractivity contribution in [1.29, 1.82) is 0 Å². The fraction of sp³-hybridized carbons (Fsp3) is 0.0667. The van der Waals surface area contributed by atoms with Gasteiger partial charge in [-0.1, -0.05) is 111 Å². The Bertz CT molecular complexity index is 2210. The summed E-state index contributed by atoms with van der Waals surface area (Å²) in [6, 6.07) is 59.4. The summed E-state index contributed by atoms with van der Waals surface area (Å²) in [4.78, 5) is 9.07. The number of nitrogens with zero attached hydrogens (tertiary/aromatic N) is 2. The van der Waals surface area contributed by atoms with Crippen LogP contribution in [0.1, 0.15) is 25.3 Å². The molecule has 0 spiro atoms. The molecular weight excluding hydrogens is 761 g/mol. The molecule has 48 heavy (non-hydrogen) atoms. The van der Waals surface area contributed by atoms with Crippen molar-refractivity contribution in [1.82, 2.24) is 9.97 Å². The van der Waals surface area contributed by atoms with Crippen LogP contribution in [0.3, 0.4) is 0 Å². The van der Waals surface area contributed by atoms with Crippen LogP contribution < -0.4 is 0 Å². The molecule has 8 aromatic rings. The fourth-order valence-electron chi connectivity index (χ4n) is 5.92. The summed E-state index contributed by atoms with van der Waals surface area (Å²) in [6.45, 7) is 4.44. The van der Waals surface area contributed by atoms with Gasteiger partial charge in [-0.3, -0.25) is 0 Å². The summed E-state index contributed by atoms with van der Waals surface area (Å²) in [5.74, 6) is 0.379. The van der Waals surface area contributed by atoms with E-state index in [1.54, 1.807) is 6.20 Å². The summed E-state index contributed by atoms with van der Waals surface area (Å²) < 4.78 is 0. The molecule has 0 saturated heterocycles. The average molecular weight is 795 g/mol. The van der Waals surface area contributed by atoms with Crippen molar-refractivity contribution >= 4 is 21.5 Å². The molecule has 0 saturated carbocycles. The molecule has 3 heteroatoms. The molecule has 2 aromatic heterocycles. The number of aromatic nitrogens is 2. The molecule has 0 fully saturated rings. The van der Waals surface area contributed by atoms with E-state index in [0.29, 0.717) is 5.92 Å². The smallest absolute Gasteiger partial charge is 0.0167 e. The Hall–Kier alpha value is -5.21. The van der Waals surface area contributed by atoms with Crippen LogP contribution in [-0.2, 0) is 20.1 Å². The van der Waals surface area contributed by atoms with Crippen molar-refractivity contribution in [3.8, 4) is 44.8 Å². The van der Waals surface area contributed by atoms with E-state index >= 15 is 0 Å². The van der Waals surface area contributed by atoms with Gasteiger partial charge in [0.25, 0.3) is 0 Å². The quantitative estimate of drug-likeness (QED) is 0.128. The summed E-state index contributed by atoms with van der Waals surface area (Å²) >= 11 is 0. The molecule has 1 radical (unpaired) electrons. The Morgan fingerprint density at radius 2 is 1.21 bits per heavy atom. The van der Waals surface area contributed by atoms with Crippen molar-refractivity contribution < 1.29 is 20.1 Å². The summed E-state index contributed by atoms with van der Waals surface area (Å²) in [6.07, 6.45) is 3.72. The molecule has 0 aliphatic heterocycles. The monoisotopic (exact) mass is 795 g/mol. The predicted molar refractivity (Wildman–Crippen MR) is 197 cm³/mol. The van der Waals surface area contributed by atoms with E-state index in [2.05, 4.69) is 140 Å². The molecule has 6 aromatic carbocycles. The van der Waals surface area contributed by atoms with E-state index in [4.69, 9.17) is 4.98 Å². The van der Waals surface area contributed by atoms with Crippen LogP contribution in [0.5, 0.6) is 0 Å². The molecule has 0 aliphatic carbocycles. The van der Waals surface area contributed by atoms with Crippen LogP contribution in [0.25, 0.3) is 66.3 Å². The first kappa shape index (κ1) is 32.7. The van der Waals surface area contributed by atoms with Crippen LogP contribution in [-0.4, -0.2) is 9.97 Å². The van der Waals surface area contributed by atoms with Gasteiger partial charge in [-0.2, -0.15) is 0 Å². The summed E-state index contributed by atoms with van der Waals surface area (Å²) in [5.41, 5.74) is 10.1. The van der Waals surface area contributed by atoms with Crippen molar-refractivity contribution in [3.05, 3.63) is 182 Å². The Morgan fingerprint density at radius 3 is 1.90 bits per heavy atom. The minimum atomic E-state index is 0. The van der Waals surface area contributed by atoms with Crippen molar-refractivity contribution in [2.24, 2.45) is 0 Å². The molecule has 0 unspecified atom stereocenters. The van der Waals surface area contributed by atoms with Gasteiger partial charge in [0.05, 0.1) is 0 Å². The van der Waals surface area contributed by atoms with Gasteiger partial charge < -0.3 is 9.97 Å². The largest absolute Gasteiger partial charge is 0.305 e. The Kier molecular flexibility index (Phi) is 10.3. The van der Waals surface area contributed by atoms with E-state index in [0.717, 1.165) is 27.9 Å². The topological polar surface area (TPSA) is 25.8 Å². The standard InChI is InChI=1S/C34H26N.C11H8N.Ir/c1-23(2)28-20-29(25-11-7-4-8-12-25)22-30(21-28)34-33-16-14-27-19-26(24-9-5-3-6-10-24)13-15-31(27)32(33)17-18-35-34;1-2-6-10(7-3-1)11-8-4-5-9-12-11;/h3-20,22-23H,1-2H3;1-6,8-9H;/q2*-1;. The summed E-state index contributed by atoms with van der Waals surface area (Å²) in [5, 5.41) is 4.86. The number of hydrogen-bond donors (Lipinski definition) is 0. The first-order chi connectivity index (χ1) is 23.1. The number of hydrogen-bond acceptors (Lipinski definition) is 2. The third kappa shape index (κ3) is 7.19. The minimum Gasteiger partial charge on any atom is -0.305 e. The van der Waals surface area contributed by atoms with Crippen molar-refractivity contribution in [2.75, 3.05) is 0 Å². The molecule has 2 heterocycles. The maximum Gasteiger partial charge on any atom is 0.0167 e. The second-order valence-corrected chi connectivity index (χ2v) is 11.9. The van der Waals surface area contributed by atoms with Gasteiger partial charge in [-0.05, 0) is 73.7 Å². The van der Waals surface area contributed by atoms with Crippen LogP contribution in [0.4, 0.5) is 0 Å². The van der Waals surface area contributed by atoms with E-state index in [1.165, 1.54) is 44.0 Å². The third-order valence-electron chi connectivity index (χ3n) is 8.39. The number of rotatable bonds is 5. The molecular formula is C45H34IrN2-2. The molecule has 8 rings (SSSR count). The predicted octanol–water partition coefficient (Wildman–Crippen LogP) is 11.9. The molecule has 0 aliphatic rings. The van der Waals surface area contributed by atoms with Crippen LogP contribution in [0.15, 0.2) is 164 Å². The van der Waals surface area contributed by atoms with Crippen LogP contribution in [0.2, 0.25) is 0 Å². The van der Waals surface area contributed by atoms with Gasteiger partial charge in [0.15, 0.2) is 0 Å². The molecule has 235 valence electrons. The van der Waals surface area contributed by atoms with E-state index in [9.17, 15) is 0 Å². The van der Waals surface area contributed by atoms with Crippen LogP contribution >= 0.6 is 0 Å². The van der Waals surface area contributed by atoms with E-state index in [-0.39, 0.29) is 20.1 Å². The average Bonchev–Trinajstić information content (AvgIpc) is 3.15. The minimum absolute atomic E-state index is 0. The van der Waals surface area contributed by atoms with Gasteiger partial charge in [0, 0.05) is 32.5 Å². The number of fused-ring (bicyclic) bond motifs is 3. The molecule has 0 N–H and O–H groups in total. The molecule has 2 nitrogen and oxygen atoms in total. The fourth-order valence-corrected chi connectivity index (χ4v) is 5.92. The third-order valence-corrected chi connectivity index (χ3v) is 8.39. The van der Waals surface area contributed by atoms with E-state index < -0.39 is 0 Å². The van der Waals surface area contributed by atoms with Crippen molar-refractivity contribution in [2.45, 2.75) is 19.8 Å². The van der Waals surface area contributed by atoms with Crippen molar-refractivity contribution in [3.63, 3.8) is 0 Å². The first-order valence-electron chi connectivity index (χ1n) is 16.0.